The Kier molecular flexibility index (Phi) is 4.25. The van der Waals surface area contributed by atoms with E-state index in [1.165, 1.54) is 10.2 Å². The minimum Gasteiger partial charge on any atom is -0.298 e. The lowest BCUT2D eigenvalue weighted by Gasteiger charge is -2.23. The SMILES string of the molecule is O=c1c(=O)n2c(nn1Cc1ccccn1)C1(CCN(Cc3ccsc3)C1)CC2. The maximum atomic E-state index is 12.7. The Morgan fingerprint density at radius 3 is 2.75 bits per heavy atom. The van der Waals surface area contributed by atoms with Gasteiger partial charge in [0.15, 0.2) is 0 Å². The fraction of sp³-hybridized carbons (Fsp3) is 0.400. The summed E-state index contributed by atoms with van der Waals surface area (Å²) >= 11 is 1.71. The molecule has 0 saturated carbocycles. The van der Waals surface area contributed by atoms with Crippen molar-refractivity contribution >= 4 is 11.3 Å². The molecule has 28 heavy (non-hydrogen) atoms. The summed E-state index contributed by atoms with van der Waals surface area (Å²) in [4.78, 5) is 31.9. The largest absolute Gasteiger partial charge is 0.332 e. The van der Waals surface area contributed by atoms with Crippen molar-refractivity contribution < 1.29 is 0 Å². The van der Waals surface area contributed by atoms with Crippen LogP contribution in [0.25, 0.3) is 0 Å². The molecule has 0 aliphatic carbocycles. The molecule has 5 heterocycles. The summed E-state index contributed by atoms with van der Waals surface area (Å²) in [5.41, 5.74) is 0.868. The van der Waals surface area contributed by atoms with Gasteiger partial charge in [-0.15, -0.1) is 0 Å². The van der Waals surface area contributed by atoms with Gasteiger partial charge in [0.1, 0.15) is 5.82 Å². The highest BCUT2D eigenvalue weighted by atomic mass is 32.1. The van der Waals surface area contributed by atoms with Crippen LogP contribution in [0.2, 0.25) is 0 Å². The van der Waals surface area contributed by atoms with Gasteiger partial charge in [0, 0.05) is 31.2 Å². The fourth-order valence-electron chi connectivity index (χ4n) is 4.45. The molecule has 1 spiro atoms. The average molecular weight is 395 g/mol. The van der Waals surface area contributed by atoms with Gasteiger partial charge in [0.05, 0.1) is 12.2 Å². The van der Waals surface area contributed by atoms with Crippen molar-refractivity contribution in [1.82, 2.24) is 24.2 Å². The van der Waals surface area contributed by atoms with Gasteiger partial charge in [-0.2, -0.15) is 16.4 Å². The maximum absolute atomic E-state index is 12.7. The van der Waals surface area contributed by atoms with Crippen molar-refractivity contribution in [3.63, 3.8) is 0 Å². The number of hydrogen-bond acceptors (Lipinski definition) is 6. The van der Waals surface area contributed by atoms with Crippen molar-refractivity contribution in [3.8, 4) is 0 Å². The van der Waals surface area contributed by atoms with Crippen molar-refractivity contribution in [1.29, 1.82) is 0 Å². The highest BCUT2D eigenvalue weighted by molar-refractivity contribution is 7.07. The zero-order chi connectivity index (χ0) is 19.1. The second kappa shape index (κ2) is 6.79. The Balaban J connectivity index is 1.48. The molecular formula is C20H21N5O2S. The zero-order valence-electron chi connectivity index (χ0n) is 15.5. The molecule has 3 aromatic rings. The van der Waals surface area contributed by atoms with Gasteiger partial charge in [-0.3, -0.25) is 24.0 Å². The van der Waals surface area contributed by atoms with E-state index < -0.39 is 11.1 Å². The Morgan fingerprint density at radius 1 is 1.07 bits per heavy atom. The Morgan fingerprint density at radius 2 is 1.96 bits per heavy atom. The van der Waals surface area contributed by atoms with Crippen LogP contribution in [0.4, 0.5) is 0 Å². The van der Waals surface area contributed by atoms with E-state index in [9.17, 15) is 9.59 Å². The first-order valence-corrected chi connectivity index (χ1v) is 10.4. The van der Waals surface area contributed by atoms with Crippen LogP contribution in [0, 0.1) is 0 Å². The van der Waals surface area contributed by atoms with Gasteiger partial charge >= 0.3 is 11.1 Å². The summed E-state index contributed by atoms with van der Waals surface area (Å²) in [5.74, 6) is 0.765. The molecule has 2 aliphatic heterocycles. The van der Waals surface area contributed by atoms with E-state index >= 15 is 0 Å². The summed E-state index contributed by atoms with van der Waals surface area (Å²) < 4.78 is 2.90. The van der Waals surface area contributed by atoms with E-state index in [0.29, 0.717) is 6.54 Å². The number of fused-ring (bicyclic) bond motifs is 2. The summed E-state index contributed by atoms with van der Waals surface area (Å²) in [5, 5.41) is 8.96. The molecule has 3 aromatic heterocycles. The Labute approximate surface area is 165 Å². The second-order valence-electron chi connectivity index (χ2n) is 7.69. The van der Waals surface area contributed by atoms with Crippen molar-refractivity contribution in [2.75, 3.05) is 13.1 Å². The van der Waals surface area contributed by atoms with Crippen molar-refractivity contribution in [3.05, 3.63) is 79.0 Å². The fourth-order valence-corrected chi connectivity index (χ4v) is 5.11. The molecule has 0 N–H and O–H groups in total. The lowest BCUT2D eigenvalue weighted by Crippen LogP contribution is -2.45. The van der Waals surface area contributed by atoms with E-state index in [1.54, 1.807) is 22.1 Å². The van der Waals surface area contributed by atoms with Gasteiger partial charge in [0.25, 0.3) is 0 Å². The van der Waals surface area contributed by atoms with Crippen LogP contribution in [0.1, 0.15) is 29.9 Å². The van der Waals surface area contributed by atoms with Gasteiger partial charge in [0.2, 0.25) is 0 Å². The van der Waals surface area contributed by atoms with Crippen LogP contribution in [0.3, 0.4) is 0 Å². The second-order valence-corrected chi connectivity index (χ2v) is 8.47. The van der Waals surface area contributed by atoms with E-state index in [4.69, 9.17) is 0 Å². The quantitative estimate of drug-likeness (QED) is 0.626. The number of likely N-dealkylation sites (tertiary alicyclic amines) is 1. The highest BCUT2D eigenvalue weighted by Crippen LogP contribution is 2.40. The number of aromatic nitrogens is 4. The summed E-state index contributed by atoms with van der Waals surface area (Å²) in [6.45, 7) is 3.57. The molecule has 0 bridgehead atoms. The van der Waals surface area contributed by atoms with E-state index in [2.05, 4.69) is 31.8 Å². The number of thiophene rings is 1. The van der Waals surface area contributed by atoms with E-state index in [-0.39, 0.29) is 12.0 Å². The molecule has 8 heteroatoms. The first-order valence-electron chi connectivity index (χ1n) is 9.50. The molecule has 1 fully saturated rings. The first kappa shape index (κ1) is 17.5. The predicted octanol–water partition coefficient (Wildman–Crippen LogP) is 1.46. The number of rotatable bonds is 4. The van der Waals surface area contributed by atoms with Crippen LogP contribution in [0.5, 0.6) is 0 Å². The molecule has 0 radical (unpaired) electrons. The molecule has 2 aliphatic rings. The van der Waals surface area contributed by atoms with E-state index in [1.807, 2.05) is 18.2 Å². The van der Waals surface area contributed by atoms with Crippen molar-refractivity contribution in [2.24, 2.45) is 0 Å². The van der Waals surface area contributed by atoms with Gasteiger partial charge in [-0.1, -0.05) is 6.07 Å². The smallest absolute Gasteiger partial charge is 0.298 e. The highest BCUT2D eigenvalue weighted by Gasteiger charge is 2.47. The Bertz CT molecular complexity index is 1110. The summed E-state index contributed by atoms with van der Waals surface area (Å²) in [6, 6.07) is 7.69. The third-order valence-electron chi connectivity index (χ3n) is 5.88. The predicted molar refractivity (Wildman–Crippen MR) is 107 cm³/mol. The number of pyridine rings is 1. The zero-order valence-corrected chi connectivity index (χ0v) is 16.3. The summed E-state index contributed by atoms with van der Waals surface area (Å²) in [7, 11) is 0. The maximum Gasteiger partial charge on any atom is 0.332 e. The topological polar surface area (TPSA) is 73.0 Å². The van der Waals surface area contributed by atoms with Crippen LogP contribution in [-0.4, -0.2) is 37.3 Å². The molecular weight excluding hydrogens is 374 g/mol. The molecule has 7 nitrogen and oxygen atoms in total. The molecule has 0 amide bonds. The van der Waals surface area contributed by atoms with Crippen LogP contribution in [-0.2, 0) is 25.0 Å². The number of hydrogen-bond donors (Lipinski definition) is 0. The van der Waals surface area contributed by atoms with Crippen LogP contribution < -0.4 is 11.1 Å². The molecule has 1 atom stereocenters. The Hall–Kier alpha value is -2.58. The number of nitrogens with zero attached hydrogens (tertiary/aromatic N) is 5. The first-order chi connectivity index (χ1) is 13.6. The van der Waals surface area contributed by atoms with Crippen LogP contribution in [0.15, 0.2) is 50.8 Å². The molecule has 144 valence electrons. The summed E-state index contributed by atoms with van der Waals surface area (Å²) in [6.07, 6.45) is 3.51. The minimum atomic E-state index is -0.570. The normalized spacial score (nSPS) is 21.4. The van der Waals surface area contributed by atoms with Gasteiger partial charge in [-0.05, 0) is 53.9 Å². The molecule has 0 aromatic carbocycles. The molecule has 1 saturated heterocycles. The van der Waals surface area contributed by atoms with Crippen molar-refractivity contribution in [2.45, 2.75) is 37.9 Å². The lowest BCUT2D eigenvalue weighted by molar-refractivity contribution is 0.298. The minimum absolute atomic E-state index is 0.144. The third-order valence-corrected chi connectivity index (χ3v) is 6.61. The van der Waals surface area contributed by atoms with Gasteiger partial charge < -0.3 is 0 Å². The molecule has 5 rings (SSSR count). The van der Waals surface area contributed by atoms with Crippen LogP contribution >= 0.6 is 11.3 Å². The molecule has 1 unspecified atom stereocenters. The standard InChI is InChI=1S/C20H21N5O2S/c26-17-18(27)25(12-16-3-1-2-7-21-16)22-19-20(6-9-24(17)19)5-8-23(14-20)11-15-4-10-28-13-15/h1-4,7,10,13H,5-6,8-9,11-12,14H2. The third kappa shape index (κ3) is 2.93. The average Bonchev–Trinajstić information content (AvgIpc) is 3.44. The lowest BCUT2D eigenvalue weighted by atomic mass is 9.85. The van der Waals surface area contributed by atoms with Gasteiger partial charge in [-0.25, -0.2) is 4.68 Å². The monoisotopic (exact) mass is 395 g/mol. The van der Waals surface area contributed by atoms with E-state index in [0.717, 1.165) is 44.0 Å².